The van der Waals surface area contributed by atoms with Gasteiger partial charge in [0, 0.05) is 0 Å². The zero-order valence-corrected chi connectivity index (χ0v) is 27.4. The number of aromatic nitrogens is 4. The van der Waals surface area contributed by atoms with Gasteiger partial charge in [0.25, 0.3) is 5.88 Å². The topological polar surface area (TPSA) is 249 Å². The number of aliphatic hydroxyl groups is 2. The fourth-order valence-corrected chi connectivity index (χ4v) is 6.57. The Bertz CT molecular complexity index is 1550. The highest BCUT2D eigenvalue weighted by Crippen LogP contribution is 2.42. The summed E-state index contributed by atoms with van der Waals surface area (Å²) in [7, 11) is 1.31. The highest BCUT2D eigenvalue weighted by molar-refractivity contribution is 6.31. The second kappa shape index (κ2) is 12.8. The van der Waals surface area contributed by atoms with Gasteiger partial charge in [0.15, 0.2) is 11.6 Å². The average Bonchev–Trinajstić information content (AvgIpc) is 3.61. The molecule has 0 aromatic carbocycles. The van der Waals surface area contributed by atoms with Gasteiger partial charge in [-0.25, -0.2) is 15.0 Å². The molecule has 2 saturated carbocycles. The molecule has 0 radical (unpaired) electrons. The zero-order chi connectivity index (χ0) is 34.6. The molecule has 2 aromatic rings. The van der Waals surface area contributed by atoms with E-state index in [1.807, 2.05) is 0 Å². The first kappa shape index (κ1) is 34.7. The van der Waals surface area contributed by atoms with E-state index in [1.165, 1.54) is 7.11 Å². The summed E-state index contributed by atoms with van der Waals surface area (Å²) in [6.45, 7) is 10.2. The van der Waals surface area contributed by atoms with Crippen molar-refractivity contribution in [1.82, 2.24) is 19.9 Å². The summed E-state index contributed by atoms with van der Waals surface area (Å²) in [5, 5.41) is 48.7. The average molecular weight is 685 g/mol. The third-order valence-electron chi connectivity index (χ3n) is 7.99. The number of hydrogen-bond acceptors (Lipinski definition) is 17. The number of ether oxygens (including phenoxy) is 5. The molecule has 2 aromatic heterocycles. The van der Waals surface area contributed by atoms with Gasteiger partial charge in [-0.3, -0.25) is 20.2 Å². The lowest BCUT2D eigenvalue weighted by Crippen LogP contribution is -2.35. The van der Waals surface area contributed by atoms with Crippen LogP contribution in [0.15, 0.2) is 0 Å². The van der Waals surface area contributed by atoms with Crippen LogP contribution in [-0.4, -0.2) is 107 Å². The third-order valence-corrected chi connectivity index (χ3v) is 8.25. The molecule has 0 spiro atoms. The maximum absolute atomic E-state index is 11.4. The minimum Gasteiger partial charge on any atom is -0.476 e. The van der Waals surface area contributed by atoms with Crippen LogP contribution in [0.4, 0.5) is 23.0 Å². The second-order valence-electron chi connectivity index (χ2n) is 12.5. The van der Waals surface area contributed by atoms with Crippen LogP contribution >= 0.6 is 11.6 Å². The number of methoxy groups -OCH3 is 1. The van der Waals surface area contributed by atoms with E-state index in [0.29, 0.717) is 24.5 Å². The van der Waals surface area contributed by atoms with E-state index >= 15 is 0 Å². The van der Waals surface area contributed by atoms with Gasteiger partial charge in [-0.05, 0) is 54.4 Å². The first-order valence-electron chi connectivity index (χ1n) is 14.8. The molecule has 2 aliphatic heterocycles. The number of nitrogens with zero attached hydrogens (tertiary/aromatic N) is 6. The molecular formula is C27H37ClN8O11. The largest absolute Gasteiger partial charge is 0.476 e. The van der Waals surface area contributed by atoms with Gasteiger partial charge >= 0.3 is 11.4 Å². The lowest BCUT2D eigenvalue weighted by molar-refractivity contribution is -0.385. The molecule has 0 bridgehead atoms. The molecule has 19 nitrogen and oxygen atoms in total. The van der Waals surface area contributed by atoms with Gasteiger partial charge in [-0.15, -0.1) is 0 Å². The Morgan fingerprint density at radius 2 is 1.17 bits per heavy atom. The Morgan fingerprint density at radius 1 is 0.766 bits per heavy atom. The molecule has 2 aliphatic carbocycles. The molecule has 4 N–H and O–H groups in total. The highest BCUT2D eigenvalue weighted by Gasteiger charge is 2.55. The van der Waals surface area contributed by atoms with Gasteiger partial charge in [0.1, 0.15) is 36.1 Å². The van der Waals surface area contributed by atoms with Gasteiger partial charge in [-0.1, -0.05) is 11.6 Å². The normalized spacial score (nSPS) is 31.4. The Kier molecular flexibility index (Phi) is 9.45. The van der Waals surface area contributed by atoms with Gasteiger partial charge in [0.05, 0.1) is 41.2 Å². The number of rotatable bonds is 7. The SMILES string of the molecule is COc1nc(C)nc(N[C@@H]2C[C@H](O)[C@H]3OC(C)(C)O[C@H]32)c1[N+](=O)[O-].Cc1nc(Cl)c([N+](=O)[O-])c(N[C@@H]2C[C@H](O)[C@H]3OC(C)(C)O[C@H]32)n1. The minimum atomic E-state index is -0.818. The van der Waals surface area contributed by atoms with Crippen molar-refractivity contribution in [3.63, 3.8) is 0 Å². The van der Waals surface area contributed by atoms with Crippen molar-refractivity contribution in [3.05, 3.63) is 37.0 Å². The number of fused-ring (bicyclic) bond motifs is 2. The van der Waals surface area contributed by atoms with Crippen LogP contribution in [-0.2, 0) is 18.9 Å². The Labute approximate surface area is 273 Å². The van der Waals surface area contributed by atoms with Crippen molar-refractivity contribution in [3.8, 4) is 5.88 Å². The molecule has 4 heterocycles. The molecule has 47 heavy (non-hydrogen) atoms. The predicted molar refractivity (Wildman–Crippen MR) is 162 cm³/mol. The number of nitrogens with one attached hydrogen (secondary N) is 2. The van der Waals surface area contributed by atoms with E-state index in [0.717, 1.165) is 0 Å². The van der Waals surface area contributed by atoms with Crippen molar-refractivity contribution in [2.45, 2.75) is 115 Å². The van der Waals surface area contributed by atoms with Crippen LogP contribution in [0, 0.1) is 34.1 Å². The van der Waals surface area contributed by atoms with E-state index in [4.69, 9.17) is 35.3 Å². The summed E-state index contributed by atoms with van der Waals surface area (Å²) >= 11 is 5.86. The van der Waals surface area contributed by atoms with Crippen LogP contribution in [0.2, 0.25) is 5.15 Å². The maximum Gasteiger partial charge on any atom is 0.372 e. The molecule has 6 rings (SSSR count). The van der Waals surface area contributed by atoms with Crippen LogP contribution in [0.3, 0.4) is 0 Å². The summed E-state index contributed by atoms with van der Waals surface area (Å²) in [4.78, 5) is 37.3. The van der Waals surface area contributed by atoms with Crippen molar-refractivity contribution in [2.24, 2.45) is 0 Å². The van der Waals surface area contributed by atoms with E-state index in [1.54, 1.807) is 41.5 Å². The summed E-state index contributed by atoms with van der Waals surface area (Å²) in [6, 6.07) is -0.773. The molecule has 4 fully saturated rings. The van der Waals surface area contributed by atoms with Crippen LogP contribution in [0.5, 0.6) is 5.88 Å². The van der Waals surface area contributed by atoms with Gasteiger partial charge in [-0.2, -0.15) is 4.98 Å². The molecule has 20 heteroatoms. The van der Waals surface area contributed by atoms with Crippen LogP contribution < -0.4 is 15.4 Å². The maximum atomic E-state index is 11.4. The van der Waals surface area contributed by atoms with Crippen LogP contribution in [0.25, 0.3) is 0 Å². The quantitative estimate of drug-likeness (QED) is 0.185. The minimum absolute atomic E-state index is 0.0126. The van der Waals surface area contributed by atoms with Crippen molar-refractivity contribution in [2.75, 3.05) is 17.7 Å². The third kappa shape index (κ3) is 7.15. The molecule has 2 saturated heterocycles. The van der Waals surface area contributed by atoms with E-state index in [2.05, 4.69) is 30.6 Å². The fraction of sp³-hybridized carbons (Fsp3) is 0.704. The number of halogens is 1. The molecular weight excluding hydrogens is 648 g/mol. The fourth-order valence-electron chi connectivity index (χ4n) is 6.29. The number of anilines is 2. The lowest BCUT2D eigenvalue weighted by Gasteiger charge is -2.23. The first-order chi connectivity index (χ1) is 21.9. The summed E-state index contributed by atoms with van der Waals surface area (Å²) in [6.07, 6.45) is -2.64. The number of aryl methyl sites for hydroxylation is 2. The van der Waals surface area contributed by atoms with E-state index < -0.39 is 63.7 Å². The van der Waals surface area contributed by atoms with Crippen molar-refractivity contribution >= 4 is 34.6 Å². The van der Waals surface area contributed by atoms with E-state index in [9.17, 15) is 30.4 Å². The molecule has 0 amide bonds. The number of aliphatic hydroxyl groups excluding tert-OH is 2. The molecule has 258 valence electrons. The van der Waals surface area contributed by atoms with Crippen molar-refractivity contribution in [1.29, 1.82) is 0 Å². The lowest BCUT2D eigenvalue weighted by atomic mass is 10.2. The Balaban J connectivity index is 0.000000185. The molecule has 4 aliphatic rings. The van der Waals surface area contributed by atoms with Gasteiger partial charge < -0.3 is 44.5 Å². The summed E-state index contributed by atoms with van der Waals surface area (Å²) in [5.74, 6) is -1.06. The second-order valence-corrected chi connectivity index (χ2v) is 12.8. The monoisotopic (exact) mass is 684 g/mol. The Morgan fingerprint density at radius 3 is 1.60 bits per heavy atom. The first-order valence-corrected chi connectivity index (χ1v) is 15.1. The number of hydrogen-bond donors (Lipinski definition) is 4. The number of nitro groups is 2. The predicted octanol–water partition coefficient (Wildman–Crippen LogP) is 2.18. The van der Waals surface area contributed by atoms with E-state index in [-0.39, 0.29) is 40.4 Å². The molecule has 0 unspecified atom stereocenters. The summed E-state index contributed by atoms with van der Waals surface area (Å²) < 4.78 is 28.0. The standard InChI is InChI=1S/C14H20N4O6.C13H17ClN4O5/c1-6-15-12(9(18(20)21)13(16-6)22-4)17-7-5-8(19)11-10(7)23-14(2,3)24-11;1-5-15-11(14)8(18(20)21)12(16-5)17-6-4-7(19)10-9(6)22-13(2,3)23-10/h7-8,10-11,19H,5H2,1-4H3,(H,15,16,17);6-7,9-10,19H,4H2,1-3H3,(H,15,16,17)/t7-,8+,10+,11-;6-,7+,9+,10-/m11/s1. The Hall–Kier alpha value is -3.59. The van der Waals surface area contributed by atoms with Crippen LogP contribution in [0.1, 0.15) is 52.2 Å². The van der Waals surface area contributed by atoms with Crippen molar-refractivity contribution < 1.29 is 43.7 Å². The summed E-state index contributed by atoms with van der Waals surface area (Å²) in [5.41, 5.74) is -0.743. The highest BCUT2D eigenvalue weighted by atomic mass is 35.5. The van der Waals surface area contributed by atoms with Gasteiger partial charge in [0.2, 0.25) is 16.8 Å². The smallest absolute Gasteiger partial charge is 0.372 e. The zero-order valence-electron chi connectivity index (χ0n) is 26.7. The molecule has 8 atom stereocenters.